The highest BCUT2D eigenvalue weighted by molar-refractivity contribution is 9.09. The predicted octanol–water partition coefficient (Wildman–Crippen LogP) is 1.26. The van der Waals surface area contributed by atoms with Gasteiger partial charge >= 0.3 is 11.9 Å². The second-order valence-electron chi connectivity index (χ2n) is 3.90. The van der Waals surface area contributed by atoms with Crippen LogP contribution in [-0.2, 0) is 0 Å². The highest BCUT2D eigenvalue weighted by Gasteiger charge is 2.24. The Morgan fingerprint density at radius 3 is 2.26 bits per heavy atom. The average Bonchev–Trinajstić information content (AvgIpc) is 2.37. The molecule has 104 valence electrons. The number of aliphatic hydroxyl groups is 2. The Morgan fingerprint density at radius 2 is 1.79 bits per heavy atom. The Bertz CT molecular complexity index is 487. The number of aromatic carboxylic acids is 2. The molecule has 0 saturated carbocycles. The minimum atomic E-state index is -1.38. The molecular formula is C12H13BrO6. The number of carbonyl (C=O) groups is 2. The molecule has 0 heterocycles. The Kier molecular flexibility index (Phi) is 5.46. The van der Waals surface area contributed by atoms with Gasteiger partial charge in [-0.25, -0.2) is 9.59 Å². The zero-order valence-corrected chi connectivity index (χ0v) is 11.4. The summed E-state index contributed by atoms with van der Waals surface area (Å²) in [4.78, 5) is 21.9. The summed E-state index contributed by atoms with van der Waals surface area (Å²) in [6.07, 6.45) is -2.28. The fourth-order valence-corrected chi connectivity index (χ4v) is 2.08. The fourth-order valence-electron chi connectivity index (χ4n) is 1.61. The third-order valence-corrected chi connectivity index (χ3v) is 3.08. The molecule has 0 saturated heterocycles. The quantitative estimate of drug-likeness (QED) is 0.583. The molecule has 2 atom stereocenters. The first kappa shape index (κ1) is 15.6. The van der Waals surface area contributed by atoms with Crippen LogP contribution in [0.15, 0.2) is 18.2 Å². The van der Waals surface area contributed by atoms with Crippen molar-refractivity contribution in [1.29, 1.82) is 0 Å². The SMILES string of the molecule is O=C(O)c1ccc(C(O)C(O)CCBr)c(C(=O)O)c1. The van der Waals surface area contributed by atoms with E-state index in [2.05, 4.69) is 15.9 Å². The first-order valence-corrected chi connectivity index (χ1v) is 6.53. The van der Waals surface area contributed by atoms with E-state index in [0.29, 0.717) is 5.33 Å². The molecule has 1 aromatic carbocycles. The molecule has 0 radical (unpaired) electrons. The molecule has 0 aliphatic carbocycles. The number of aliphatic hydroxyl groups excluding tert-OH is 2. The van der Waals surface area contributed by atoms with E-state index >= 15 is 0 Å². The molecule has 0 amide bonds. The maximum Gasteiger partial charge on any atom is 0.336 e. The first-order chi connectivity index (χ1) is 8.88. The summed E-state index contributed by atoms with van der Waals surface area (Å²) in [6, 6.07) is 3.35. The van der Waals surface area contributed by atoms with Gasteiger partial charge in [0.15, 0.2) is 0 Å². The summed E-state index contributed by atoms with van der Waals surface area (Å²) in [5.74, 6) is -2.62. The third-order valence-electron chi connectivity index (χ3n) is 2.62. The molecule has 1 aromatic rings. The summed E-state index contributed by atoms with van der Waals surface area (Å²) in [6.45, 7) is 0. The third kappa shape index (κ3) is 3.76. The van der Waals surface area contributed by atoms with Crippen molar-refractivity contribution in [1.82, 2.24) is 0 Å². The van der Waals surface area contributed by atoms with Gasteiger partial charge in [-0.1, -0.05) is 22.0 Å². The van der Waals surface area contributed by atoms with Gasteiger partial charge in [0.2, 0.25) is 0 Å². The van der Waals surface area contributed by atoms with Crippen LogP contribution < -0.4 is 0 Å². The van der Waals surface area contributed by atoms with Crippen LogP contribution in [-0.4, -0.2) is 43.8 Å². The van der Waals surface area contributed by atoms with Crippen molar-refractivity contribution < 1.29 is 30.0 Å². The van der Waals surface area contributed by atoms with Crippen molar-refractivity contribution in [3.8, 4) is 0 Å². The predicted molar refractivity (Wildman–Crippen MR) is 69.7 cm³/mol. The van der Waals surface area contributed by atoms with E-state index < -0.39 is 24.1 Å². The number of rotatable bonds is 6. The lowest BCUT2D eigenvalue weighted by atomic mass is 9.95. The zero-order chi connectivity index (χ0) is 14.6. The van der Waals surface area contributed by atoms with E-state index in [9.17, 15) is 19.8 Å². The standard InChI is InChI=1S/C12H13BrO6/c13-4-3-9(14)10(15)7-2-1-6(11(16)17)5-8(7)12(18)19/h1-2,5,9-10,14-15H,3-4H2,(H,16,17)(H,18,19). The molecule has 6 nitrogen and oxygen atoms in total. The van der Waals surface area contributed by atoms with Crippen molar-refractivity contribution in [3.63, 3.8) is 0 Å². The smallest absolute Gasteiger partial charge is 0.336 e. The topological polar surface area (TPSA) is 115 Å². The van der Waals surface area contributed by atoms with E-state index in [-0.39, 0.29) is 23.1 Å². The van der Waals surface area contributed by atoms with E-state index in [1.54, 1.807) is 0 Å². The molecule has 4 N–H and O–H groups in total. The van der Waals surface area contributed by atoms with Gasteiger partial charge < -0.3 is 20.4 Å². The van der Waals surface area contributed by atoms with Crippen LogP contribution in [0, 0.1) is 0 Å². The van der Waals surface area contributed by atoms with Gasteiger partial charge in [0, 0.05) is 5.33 Å². The monoisotopic (exact) mass is 332 g/mol. The molecule has 19 heavy (non-hydrogen) atoms. The Balaban J connectivity index is 3.20. The number of hydrogen-bond donors (Lipinski definition) is 4. The highest BCUT2D eigenvalue weighted by Crippen LogP contribution is 2.24. The van der Waals surface area contributed by atoms with Crippen molar-refractivity contribution in [2.45, 2.75) is 18.6 Å². The van der Waals surface area contributed by atoms with Gasteiger partial charge in [-0.15, -0.1) is 0 Å². The number of carboxylic acids is 2. The van der Waals surface area contributed by atoms with Crippen molar-refractivity contribution in [2.24, 2.45) is 0 Å². The van der Waals surface area contributed by atoms with Gasteiger partial charge in [-0.3, -0.25) is 0 Å². The highest BCUT2D eigenvalue weighted by atomic mass is 79.9. The van der Waals surface area contributed by atoms with E-state index in [0.717, 1.165) is 6.07 Å². The lowest BCUT2D eigenvalue weighted by Crippen LogP contribution is -2.21. The van der Waals surface area contributed by atoms with Crippen LogP contribution in [0.2, 0.25) is 0 Å². The number of benzene rings is 1. The normalized spacial score (nSPS) is 13.8. The molecule has 0 bridgehead atoms. The molecule has 0 aliphatic rings. The number of hydrogen-bond acceptors (Lipinski definition) is 4. The fraction of sp³-hybridized carbons (Fsp3) is 0.333. The summed E-state index contributed by atoms with van der Waals surface area (Å²) in [5.41, 5.74) is -0.532. The van der Waals surface area contributed by atoms with Crippen LogP contribution >= 0.6 is 15.9 Å². The van der Waals surface area contributed by atoms with Gasteiger partial charge in [0.1, 0.15) is 6.10 Å². The Labute approximate surface area is 117 Å². The lowest BCUT2D eigenvalue weighted by molar-refractivity contribution is 0.0163. The van der Waals surface area contributed by atoms with Crippen molar-refractivity contribution >= 4 is 27.9 Å². The van der Waals surface area contributed by atoms with Crippen molar-refractivity contribution in [3.05, 3.63) is 34.9 Å². The number of carboxylic acid groups (broad SMARTS) is 2. The Hall–Kier alpha value is -1.44. The van der Waals surface area contributed by atoms with Crippen LogP contribution in [0.4, 0.5) is 0 Å². The number of alkyl halides is 1. The summed E-state index contributed by atoms with van der Waals surface area (Å²) in [7, 11) is 0. The summed E-state index contributed by atoms with van der Waals surface area (Å²) >= 11 is 3.10. The molecule has 0 spiro atoms. The van der Waals surface area contributed by atoms with Crippen LogP contribution in [0.5, 0.6) is 0 Å². The molecule has 7 heteroatoms. The zero-order valence-electron chi connectivity index (χ0n) is 9.78. The minimum Gasteiger partial charge on any atom is -0.478 e. The van der Waals surface area contributed by atoms with E-state index in [1.165, 1.54) is 12.1 Å². The lowest BCUT2D eigenvalue weighted by Gasteiger charge is -2.19. The van der Waals surface area contributed by atoms with Crippen LogP contribution in [0.3, 0.4) is 0 Å². The molecule has 2 unspecified atom stereocenters. The van der Waals surface area contributed by atoms with Gasteiger partial charge in [-0.05, 0) is 24.1 Å². The minimum absolute atomic E-state index is 0.00838. The van der Waals surface area contributed by atoms with Crippen LogP contribution in [0.25, 0.3) is 0 Å². The Morgan fingerprint density at radius 1 is 1.16 bits per heavy atom. The van der Waals surface area contributed by atoms with Gasteiger partial charge in [-0.2, -0.15) is 0 Å². The van der Waals surface area contributed by atoms with E-state index in [1.807, 2.05) is 0 Å². The molecular weight excluding hydrogens is 320 g/mol. The maximum atomic E-state index is 11.1. The van der Waals surface area contributed by atoms with Gasteiger partial charge in [0.25, 0.3) is 0 Å². The summed E-state index contributed by atoms with van der Waals surface area (Å²) < 4.78 is 0. The van der Waals surface area contributed by atoms with Gasteiger partial charge in [0.05, 0.1) is 17.2 Å². The second-order valence-corrected chi connectivity index (χ2v) is 4.70. The maximum absolute atomic E-state index is 11.1. The molecule has 0 aliphatic heterocycles. The molecule has 1 rings (SSSR count). The average molecular weight is 333 g/mol. The number of halogens is 1. The van der Waals surface area contributed by atoms with Crippen molar-refractivity contribution in [2.75, 3.05) is 5.33 Å². The van der Waals surface area contributed by atoms with E-state index in [4.69, 9.17) is 10.2 Å². The first-order valence-electron chi connectivity index (χ1n) is 5.41. The summed E-state index contributed by atoms with van der Waals surface area (Å²) in [5, 5.41) is 37.9. The molecule has 0 aromatic heterocycles. The molecule has 0 fully saturated rings. The second kappa shape index (κ2) is 6.65. The largest absolute Gasteiger partial charge is 0.478 e. The van der Waals surface area contributed by atoms with Crippen LogP contribution in [0.1, 0.15) is 38.8 Å².